The van der Waals surface area contributed by atoms with Crippen molar-refractivity contribution in [3.63, 3.8) is 0 Å². The van der Waals surface area contributed by atoms with Gasteiger partial charge >= 0.3 is 0 Å². The Morgan fingerprint density at radius 2 is 1.49 bits per heavy atom. The van der Waals surface area contributed by atoms with Gasteiger partial charge in [0, 0.05) is 34.9 Å². The third-order valence-electron chi connectivity index (χ3n) is 6.03. The molecule has 10 heteroatoms. The second kappa shape index (κ2) is 11.5. The van der Waals surface area contributed by atoms with Crippen molar-refractivity contribution < 1.29 is 4.79 Å². The number of fused-ring (bicyclic) bond motifs is 3. The van der Waals surface area contributed by atoms with Gasteiger partial charge in [0.05, 0.1) is 11.2 Å². The van der Waals surface area contributed by atoms with Crippen molar-refractivity contribution >= 4 is 56.9 Å². The second-order valence-electron chi connectivity index (χ2n) is 8.61. The van der Waals surface area contributed by atoms with Gasteiger partial charge in [-0.1, -0.05) is 61.4 Å². The molecule has 0 saturated heterocycles. The molecule has 0 aliphatic heterocycles. The number of carbonyl (C=O) groups excluding carboxylic acids is 1. The molecule has 0 atom stereocenters. The maximum atomic E-state index is 13.0. The number of rotatable bonds is 10. The molecule has 37 heavy (non-hydrogen) atoms. The van der Waals surface area contributed by atoms with Gasteiger partial charge in [-0.25, -0.2) is 4.98 Å². The number of nitrogens with one attached hydrogen (secondary N) is 3. The third kappa shape index (κ3) is 5.98. The van der Waals surface area contributed by atoms with Gasteiger partial charge in [0.1, 0.15) is 5.69 Å². The summed E-state index contributed by atoms with van der Waals surface area (Å²) < 4.78 is 0. The molecule has 3 aromatic heterocycles. The van der Waals surface area contributed by atoms with Crippen LogP contribution in [0.5, 0.6) is 0 Å². The molecule has 0 saturated carbocycles. The van der Waals surface area contributed by atoms with Gasteiger partial charge in [0.25, 0.3) is 5.91 Å². The van der Waals surface area contributed by atoms with E-state index in [1.807, 2.05) is 54.6 Å². The Morgan fingerprint density at radius 1 is 0.784 bits per heavy atom. The van der Waals surface area contributed by atoms with Crippen molar-refractivity contribution in [1.82, 2.24) is 30.2 Å². The molecule has 3 heterocycles. The van der Waals surface area contributed by atoms with Crippen molar-refractivity contribution in [2.75, 3.05) is 18.4 Å². The topological polar surface area (TPSA) is 108 Å². The van der Waals surface area contributed by atoms with Crippen LogP contribution in [-0.2, 0) is 0 Å². The molecule has 188 valence electrons. The number of pyridine rings is 1. The monoisotopic (exact) mass is 533 g/mol. The lowest BCUT2D eigenvalue weighted by Gasteiger charge is -2.09. The summed E-state index contributed by atoms with van der Waals surface area (Å²) in [5.41, 5.74) is 4.09. The maximum Gasteiger partial charge on any atom is 0.269 e. The fourth-order valence-corrected chi connectivity index (χ4v) is 4.63. The summed E-state index contributed by atoms with van der Waals surface area (Å²) in [7, 11) is 0. The minimum Gasteiger partial charge on any atom is -0.354 e. The number of aromatic nitrogens is 5. The Hall–Kier alpha value is -3.75. The smallest absolute Gasteiger partial charge is 0.269 e. The number of unbranched alkanes of at least 4 members (excludes halogenated alkanes) is 3. The van der Waals surface area contributed by atoms with Crippen LogP contribution in [0.1, 0.15) is 36.2 Å². The lowest BCUT2D eigenvalue weighted by molar-refractivity contribution is 0.0948. The highest BCUT2D eigenvalue weighted by atomic mass is 35.5. The van der Waals surface area contributed by atoms with Crippen LogP contribution in [0.2, 0.25) is 10.6 Å². The number of halogens is 2. The van der Waals surface area contributed by atoms with E-state index in [0.717, 1.165) is 58.7 Å². The van der Waals surface area contributed by atoms with E-state index in [2.05, 4.69) is 36.6 Å². The van der Waals surface area contributed by atoms with Crippen molar-refractivity contribution in [3.05, 3.63) is 76.9 Å². The molecule has 5 aromatic rings. The lowest BCUT2D eigenvalue weighted by atomic mass is 10.1. The van der Waals surface area contributed by atoms with Crippen LogP contribution in [0.15, 0.2) is 60.7 Å². The number of H-pyrrole nitrogens is 1. The quantitative estimate of drug-likeness (QED) is 0.182. The van der Waals surface area contributed by atoms with Gasteiger partial charge in [-0.05, 0) is 48.2 Å². The molecule has 2 aromatic carbocycles. The molecule has 0 fully saturated rings. The first-order valence-corrected chi connectivity index (χ1v) is 12.9. The molecule has 0 aliphatic carbocycles. The van der Waals surface area contributed by atoms with Crippen LogP contribution < -0.4 is 10.6 Å². The second-order valence-corrected chi connectivity index (χ2v) is 9.29. The zero-order chi connectivity index (χ0) is 25.6. The molecule has 0 unspecified atom stereocenters. The molecule has 8 nitrogen and oxygen atoms in total. The highest BCUT2D eigenvalue weighted by Crippen LogP contribution is 2.32. The summed E-state index contributed by atoms with van der Waals surface area (Å²) in [5.74, 6) is 0.196. The van der Waals surface area contributed by atoms with Gasteiger partial charge < -0.3 is 15.6 Å². The highest BCUT2D eigenvalue weighted by Gasteiger charge is 2.16. The zero-order valence-corrected chi connectivity index (χ0v) is 21.5. The van der Waals surface area contributed by atoms with Crippen LogP contribution in [0.3, 0.4) is 0 Å². The molecular weight excluding hydrogens is 509 g/mol. The number of benzene rings is 2. The number of nitrogens with zero attached hydrogens (tertiary/aromatic N) is 4. The Bertz CT molecular complexity index is 1520. The molecule has 5 rings (SSSR count). The molecule has 0 aliphatic rings. The van der Waals surface area contributed by atoms with E-state index >= 15 is 0 Å². The summed E-state index contributed by atoms with van der Waals surface area (Å²) >= 11 is 11.6. The van der Waals surface area contributed by atoms with Crippen LogP contribution >= 0.6 is 23.2 Å². The van der Waals surface area contributed by atoms with E-state index in [0.29, 0.717) is 24.7 Å². The van der Waals surface area contributed by atoms with Crippen LogP contribution in [-0.4, -0.2) is 43.9 Å². The summed E-state index contributed by atoms with van der Waals surface area (Å²) in [6.45, 7) is 1.28. The number of hydrogen-bond acceptors (Lipinski definition) is 6. The summed E-state index contributed by atoms with van der Waals surface area (Å²) in [6.07, 6.45) is 3.77. The first-order chi connectivity index (χ1) is 18.1. The fourth-order valence-electron chi connectivity index (χ4n) is 4.27. The SMILES string of the molecule is O=C(NCCCCCCNc1nc(Cl)nc(Cl)n1)c1cc2c([nH]c3ccccc32)c(-c2ccccc2)n1. The predicted molar refractivity (Wildman–Crippen MR) is 148 cm³/mol. The van der Waals surface area contributed by atoms with Gasteiger partial charge in [0.2, 0.25) is 16.5 Å². The van der Waals surface area contributed by atoms with Gasteiger partial charge in [-0.3, -0.25) is 4.79 Å². The average molecular weight is 534 g/mol. The minimum absolute atomic E-state index is 0.0625. The number of hydrogen-bond donors (Lipinski definition) is 3. The molecule has 3 N–H and O–H groups in total. The molecule has 1 amide bonds. The van der Waals surface area contributed by atoms with Crippen molar-refractivity contribution in [3.8, 4) is 11.3 Å². The minimum atomic E-state index is -0.172. The van der Waals surface area contributed by atoms with Crippen molar-refractivity contribution in [1.29, 1.82) is 0 Å². The van der Waals surface area contributed by atoms with Crippen LogP contribution in [0.25, 0.3) is 33.1 Å². The van der Waals surface area contributed by atoms with Gasteiger partial charge in [0.15, 0.2) is 0 Å². The Balaban J connectivity index is 1.18. The number of para-hydroxylation sites is 1. The standard InChI is InChI=1S/C27H25Cl2N7O/c28-25-34-26(29)36-27(35-25)31-15-9-2-1-8-14-30-24(37)21-16-19-18-12-6-7-13-20(18)32-23(19)22(33-21)17-10-4-3-5-11-17/h3-7,10-13,16,32H,1-2,8-9,14-15H2,(H,30,37)(H,31,34,35,36). The van der Waals surface area contributed by atoms with E-state index in [-0.39, 0.29) is 16.5 Å². The Labute approximate surface area is 223 Å². The molecular formula is C27H25Cl2N7O. The molecule has 0 spiro atoms. The van der Waals surface area contributed by atoms with Crippen molar-refractivity contribution in [2.45, 2.75) is 25.7 Å². The van der Waals surface area contributed by atoms with E-state index in [4.69, 9.17) is 28.2 Å². The van der Waals surface area contributed by atoms with Gasteiger partial charge in [-0.2, -0.15) is 15.0 Å². The lowest BCUT2D eigenvalue weighted by Crippen LogP contribution is -2.25. The van der Waals surface area contributed by atoms with E-state index in [1.165, 1.54) is 0 Å². The van der Waals surface area contributed by atoms with Crippen molar-refractivity contribution in [2.24, 2.45) is 0 Å². The van der Waals surface area contributed by atoms with E-state index in [1.54, 1.807) is 0 Å². The molecule has 0 bridgehead atoms. The van der Waals surface area contributed by atoms with Gasteiger partial charge in [-0.15, -0.1) is 0 Å². The summed E-state index contributed by atoms with van der Waals surface area (Å²) in [5, 5.41) is 8.30. The Kier molecular flexibility index (Phi) is 7.77. The average Bonchev–Trinajstić information content (AvgIpc) is 3.28. The number of aromatic amines is 1. The van der Waals surface area contributed by atoms with Crippen LogP contribution in [0.4, 0.5) is 5.95 Å². The molecule has 0 radical (unpaired) electrons. The Morgan fingerprint density at radius 3 is 2.27 bits per heavy atom. The number of carbonyl (C=O) groups is 1. The number of anilines is 1. The maximum absolute atomic E-state index is 13.0. The summed E-state index contributed by atoms with van der Waals surface area (Å²) in [4.78, 5) is 33.0. The zero-order valence-electron chi connectivity index (χ0n) is 20.0. The highest BCUT2D eigenvalue weighted by molar-refractivity contribution is 6.31. The third-order valence-corrected chi connectivity index (χ3v) is 6.37. The fraction of sp³-hybridized carbons (Fsp3) is 0.222. The van der Waals surface area contributed by atoms with E-state index < -0.39 is 0 Å². The first-order valence-electron chi connectivity index (χ1n) is 12.1. The predicted octanol–water partition coefficient (Wildman–Crippen LogP) is 6.28. The van der Waals surface area contributed by atoms with E-state index in [9.17, 15) is 4.79 Å². The first kappa shape index (κ1) is 24.9. The number of amides is 1. The summed E-state index contributed by atoms with van der Waals surface area (Å²) in [6, 6.07) is 19.9. The normalized spacial score (nSPS) is 11.2. The largest absolute Gasteiger partial charge is 0.354 e. The van der Waals surface area contributed by atoms with Crippen LogP contribution in [0, 0.1) is 0 Å².